The van der Waals surface area contributed by atoms with Crippen LogP contribution in [0.2, 0.25) is 5.02 Å². The van der Waals surface area contributed by atoms with Gasteiger partial charge in [0.1, 0.15) is 9.84 Å². The van der Waals surface area contributed by atoms with E-state index in [1.807, 2.05) is 13.0 Å². The van der Waals surface area contributed by atoms with Crippen molar-refractivity contribution in [3.05, 3.63) is 28.3 Å². The minimum Gasteiger partial charge on any atom is -0.465 e. The van der Waals surface area contributed by atoms with E-state index in [1.54, 1.807) is 6.07 Å². The second-order valence-electron chi connectivity index (χ2n) is 6.64. The fourth-order valence-corrected chi connectivity index (χ4v) is 5.04. The summed E-state index contributed by atoms with van der Waals surface area (Å²) in [5.41, 5.74) is 2.22. The molecular weight excluding hydrogens is 362 g/mol. The first kappa shape index (κ1) is 20.0. The van der Waals surface area contributed by atoms with Gasteiger partial charge in [0.05, 0.1) is 17.9 Å². The van der Waals surface area contributed by atoms with Crippen LogP contribution in [0.4, 0.5) is 5.69 Å². The maximum absolute atomic E-state index is 12.0. The van der Waals surface area contributed by atoms with E-state index >= 15 is 0 Å². The zero-order valence-electron chi connectivity index (χ0n) is 15.2. The van der Waals surface area contributed by atoms with Gasteiger partial charge in [0, 0.05) is 29.6 Å². The van der Waals surface area contributed by atoms with Gasteiger partial charge in [0.2, 0.25) is 0 Å². The topological polar surface area (TPSA) is 63.7 Å². The Balaban J connectivity index is 2.30. The zero-order valence-corrected chi connectivity index (χ0v) is 16.8. The van der Waals surface area contributed by atoms with Gasteiger partial charge in [-0.3, -0.25) is 0 Å². The minimum absolute atomic E-state index is 0.241. The summed E-state index contributed by atoms with van der Waals surface area (Å²) in [6, 6.07) is 3.74. The highest BCUT2D eigenvalue weighted by Crippen LogP contribution is 2.34. The number of nitrogens with zero attached hydrogens (tertiary/aromatic N) is 1. The van der Waals surface area contributed by atoms with Gasteiger partial charge in [-0.15, -0.1) is 0 Å². The number of halogens is 1. The Morgan fingerprint density at radius 3 is 2.36 bits per heavy atom. The zero-order chi connectivity index (χ0) is 18.8. The Bertz CT molecular complexity index is 740. The molecule has 7 heteroatoms. The van der Waals surface area contributed by atoms with Crippen molar-refractivity contribution < 1.29 is 17.9 Å². The number of hydrogen-bond donors (Lipinski definition) is 0. The quantitative estimate of drug-likeness (QED) is 0.722. The molecule has 0 aromatic heterocycles. The largest absolute Gasteiger partial charge is 0.465 e. The Hall–Kier alpha value is -1.27. The van der Waals surface area contributed by atoms with Gasteiger partial charge < -0.3 is 9.64 Å². The molecule has 0 atom stereocenters. The minimum atomic E-state index is -2.98. The van der Waals surface area contributed by atoms with Crippen LogP contribution in [-0.4, -0.2) is 45.6 Å². The maximum Gasteiger partial charge on any atom is 0.338 e. The molecular formula is C18H26ClNO4S. The molecule has 25 heavy (non-hydrogen) atoms. The third-order valence-corrected chi connectivity index (χ3v) is 6.99. The molecule has 1 aromatic carbocycles. The van der Waals surface area contributed by atoms with Crippen molar-refractivity contribution in [2.24, 2.45) is 0 Å². The molecule has 1 fully saturated rings. The van der Waals surface area contributed by atoms with Crippen LogP contribution in [0.15, 0.2) is 12.1 Å². The summed E-state index contributed by atoms with van der Waals surface area (Å²) in [6.07, 6.45) is 4.28. The van der Waals surface area contributed by atoms with Crippen molar-refractivity contribution in [2.45, 2.75) is 50.8 Å². The molecule has 0 aliphatic heterocycles. The Labute approximate surface area is 155 Å². The predicted octanol–water partition coefficient (Wildman–Crippen LogP) is 3.62. The summed E-state index contributed by atoms with van der Waals surface area (Å²) in [5.74, 6) is -0.405. The number of benzene rings is 1. The molecule has 0 saturated heterocycles. The van der Waals surface area contributed by atoms with Crippen molar-refractivity contribution in [3.63, 3.8) is 0 Å². The number of carbonyl (C=O) groups excluding carboxylic acids is 1. The monoisotopic (exact) mass is 387 g/mol. The number of sulfone groups is 1. The lowest BCUT2D eigenvalue weighted by atomic mass is 9.92. The molecule has 1 aliphatic carbocycles. The van der Waals surface area contributed by atoms with Crippen molar-refractivity contribution in [3.8, 4) is 0 Å². The lowest BCUT2D eigenvalue weighted by Gasteiger charge is -2.38. The molecule has 2 rings (SSSR count). The smallest absolute Gasteiger partial charge is 0.338 e. The highest BCUT2D eigenvalue weighted by molar-refractivity contribution is 7.91. The second kappa shape index (κ2) is 7.96. The van der Waals surface area contributed by atoms with Crippen LogP contribution in [0.3, 0.4) is 0 Å². The predicted molar refractivity (Wildman–Crippen MR) is 101 cm³/mol. The Morgan fingerprint density at radius 2 is 1.88 bits per heavy atom. The van der Waals surface area contributed by atoms with E-state index in [-0.39, 0.29) is 11.3 Å². The van der Waals surface area contributed by atoms with Gasteiger partial charge >= 0.3 is 5.97 Å². The van der Waals surface area contributed by atoms with Gasteiger partial charge in [-0.2, -0.15) is 0 Å². The van der Waals surface area contributed by atoms with Crippen LogP contribution in [0.1, 0.15) is 48.5 Å². The first-order valence-electron chi connectivity index (χ1n) is 8.53. The van der Waals surface area contributed by atoms with Crippen LogP contribution in [-0.2, 0) is 14.6 Å². The molecule has 1 aromatic rings. The molecule has 0 N–H and O–H groups in total. The molecule has 1 saturated carbocycles. The first-order valence-corrected chi connectivity index (χ1v) is 10.9. The summed E-state index contributed by atoms with van der Waals surface area (Å²) >= 11 is 6.23. The summed E-state index contributed by atoms with van der Waals surface area (Å²) in [5, 5.41) is 0.248. The van der Waals surface area contributed by atoms with E-state index in [1.165, 1.54) is 13.4 Å². The van der Waals surface area contributed by atoms with Crippen LogP contribution in [0.25, 0.3) is 0 Å². The number of hydrogen-bond acceptors (Lipinski definition) is 5. The van der Waals surface area contributed by atoms with E-state index < -0.39 is 15.8 Å². The van der Waals surface area contributed by atoms with E-state index in [9.17, 15) is 13.2 Å². The fraction of sp³-hybridized carbons (Fsp3) is 0.611. The number of rotatable bonds is 5. The molecule has 140 valence electrons. The third-order valence-electron chi connectivity index (χ3n) is 5.09. The van der Waals surface area contributed by atoms with Crippen LogP contribution < -0.4 is 4.90 Å². The van der Waals surface area contributed by atoms with Gasteiger partial charge in [-0.25, -0.2) is 13.2 Å². The molecule has 0 bridgehead atoms. The van der Waals surface area contributed by atoms with Crippen LogP contribution in [0.5, 0.6) is 0 Å². The summed E-state index contributed by atoms with van der Waals surface area (Å²) in [4.78, 5) is 14.2. The van der Waals surface area contributed by atoms with Crippen molar-refractivity contribution in [2.75, 3.05) is 24.8 Å². The maximum atomic E-state index is 12.0. The van der Waals surface area contributed by atoms with Crippen LogP contribution >= 0.6 is 11.6 Å². The van der Waals surface area contributed by atoms with Crippen molar-refractivity contribution in [1.29, 1.82) is 0 Å². The number of ether oxygens (including phenoxy) is 1. The standard InChI is InChI=1S/C18H26ClNO4S/c1-5-20(14-6-8-15(9-7-14)25(4,22)23)17-11-13(19)10-16(12(17)2)18(21)24-3/h10-11,14-15H,5-9H2,1-4H3. The molecule has 5 nitrogen and oxygen atoms in total. The van der Waals surface area contributed by atoms with E-state index in [4.69, 9.17) is 16.3 Å². The molecule has 1 aliphatic rings. The van der Waals surface area contributed by atoms with Gasteiger partial charge in [-0.05, 0) is 57.2 Å². The van der Waals surface area contributed by atoms with E-state index in [2.05, 4.69) is 11.8 Å². The van der Waals surface area contributed by atoms with Gasteiger partial charge in [-0.1, -0.05) is 11.6 Å². The average Bonchev–Trinajstić information content (AvgIpc) is 2.57. The van der Waals surface area contributed by atoms with Crippen molar-refractivity contribution >= 4 is 33.1 Å². The molecule has 0 spiro atoms. The normalized spacial score (nSPS) is 21.0. The van der Waals surface area contributed by atoms with Gasteiger partial charge in [0.15, 0.2) is 0 Å². The first-order chi connectivity index (χ1) is 11.7. The molecule has 0 amide bonds. The number of methoxy groups -OCH3 is 1. The molecule has 0 heterocycles. The highest BCUT2D eigenvalue weighted by atomic mass is 35.5. The lowest BCUT2D eigenvalue weighted by molar-refractivity contribution is 0.0600. The summed E-state index contributed by atoms with van der Waals surface area (Å²) in [7, 11) is -1.63. The number of carbonyl (C=O) groups is 1. The van der Waals surface area contributed by atoms with E-state index in [0.717, 1.165) is 30.6 Å². The highest BCUT2D eigenvalue weighted by Gasteiger charge is 2.31. The number of anilines is 1. The van der Waals surface area contributed by atoms with E-state index in [0.29, 0.717) is 23.4 Å². The summed E-state index contributed by atoms with van der Waals surface area (Å²) in [6.45, 7) is 4.71. The second-order valence-corrected chi connectivity index (χ2v) is 9.40. The number of esters is 1. The third kappa shape index (κ3) is 4.47. The SMILES string of the molecule is CCN(c1cc(Cl)cc(C(=O)OC)c1C)C1CCC(S(C)(=O)=O)CC1. The molecule has 0 radical (unpaired) electrons. The van der Waals surface area contributed by atoms with Crippen molar-refractivity contribution in [1.82, 2.24) is 0 Å². The Morgan fingerprint density at radius 1 is 1.28 bits per heavy atom. The van der Waals surface area contributed by atoms with Crippen LogP contribution in [0, 0.1) is 6.92 Å². The van der Waals surface area contributed by atoms with Gasteiger partial charge in [0.25, 0.3) is 0 Å². The Kier molecular flexibility index (Phi) is 6.38. The fourth-order valence-electron chi connectivity index (χ4n) is 3.70. The lowest BCUT2D eigenvalue weighted by Crippen LogP contribution is -2.41. The average molecular weight is 388 g/mol. The summed E-state index contributed by atoms with van der Waals surface area (Å²) < 4.78 is 28.4. The molecule has 0 unspecified atom stereocenters.